The predicted octanol–water partition coefficient (Wildman–Crippen LogP) is 1.79. The fraction of sp³-hybridized carbons (Fsp3) is 0.357. The number of hydrazine groups is 1. The van der Waals surface area contributed by atoms with Crippen LogP contribution in [0.25, 0.3) is 0 Å². The number of hydrogen-bond acceptors (Lipinski definition) is 4. The SMILES string of the molecule is CC(C)CC(=O)NC(=S)NNC(=O)COc1ccc(Cl)cc1. The summed E-state index contributed by atoms with van der Waals surface area (Å²) in [6.07, 6.45) is 0.357. The number of nitrogens with one attached hydrogen (secondary N) is 3. The zero-order chi connectivity index (χ0) is 16.5. The van der Waals surface area contributed by atoms with Crippen molar-refractivity contribution in [3.05, 3.63) is 29.3 Å². The summed E-state index contributed by atoms with van der Waals surface area (Å²) in [5, 5.41) is 3.07. The Kier molecular flexibility index (Phi) is 7.62. The van der Waals surface area contributed by atoms with E-state index in [2.05, 4.69) is 16.2 Å². The minimum absolute atomic E-state index is 0.0329. The third-order valence-corrected chi connectivity index (χ3v) is 2.80. The molecule has 0 atom stereocenters. The van der Waals surface area contributed by atoms with Gasteiger partial charge in [0.2, 0.25) is 5.91 Å². The second-order valence-electron chi connectivity index (χ2n) is 4.89. The maximum atomic E-state index is 11.6. The highest BCUT2D eigenvalue weighted by Gasteiger charge is 2.08. The van der Waals surface area contributed by atoms with Crippen molar-refractivity contribution in [2.75, 3.05) is 6.61 Å². The Bertz CT molecular complexity index is 535. The minimum atomic E-state index is -0.435. The van der Waals surface area contributed by atoms with Gasteiger partial charge in [-0.1, -0.05) is 25.4 Å². The molecular weight excluding hydrogens is 326 g/mol. The molecule has 1 aromatic rings. The molecule has 0 saturated carbocycles. The van der Waals surface area contributed by atoms with Gasteiger partial charge in [-0.25, -0.2) is 0 Å². The second-order valence-corrected chi connectivity index (χ2v) is 5.74. The molecule has 0 aliphatic heterocycles. The lowest BCUT2D eigenvalue weighted by atomic mass is 10.1. The van der Waals surface area contributed by atoms with Gasteiger partial charge in [0.05, 0.1) is 0 Å². The minimum Gasteiger partial charge on any atom is -0.484 e. The van der Waals surface area contributed by atoms with Crippen LogP contribution in [-0.2, 0) is 9.59 Å². The molecule has 2 amide bonds. The smallest absolute Gasteiger partial charge is 0.276 e. The van der Waals surface area contributed by atoms with Gasteiger partial charge in [-0.05, 0) is 42.4 Å². The lowest BCUT2D eigenvalue weighted by molar-refractivity contribution is -0.124. The second kappa shape index (κ2) is 9.22. The number of rotatable bonds is 5. The zero-order valence-corrected chi connectivity index (χ0v) is 13.9. The van der Waals surface area contributed by atoms with E-state index in [-0.39, 0.29) is 23.5 Å². The number of carbonyl (C=O) groups excluding carboxylic acids is 2. The molecule has 0 spiro atoms. The molecule has 6 nitrogen and oxygen atoms in total. The fourth-order valence-electron chi connectivity index (χ4n) is 1.42. The average Bonchev–Trinajstić information content (AvgIpc) is 2.43. The molecule has 1 aromatic carbocycles. The number of benzene rings is 1. The normalized spacial score (nSPS) is 10.0. The first-order valence-electron chi connectivity index (χ1n) is 6.64. The molecule has 0 radical (unpaired) electrons. The number of hydrogen-bond donors (Lipinski definition) is 3. The van der Waals surface area contributed by atoms with Crippen LogP contribution in [0.4, 0.5) is 0 Å². The van der Waals surface area contributed by atoms with E-state index in [1.807, 2.05) is 13.8 Å². The summed E-state index contributed by atoms with van der Waals surface area (Å²) >= 11 is 10.6. The molecule has 0 aliphatic rings. The van der Waals surface area contributed by atoms with Crippen LogP contribution in [-0.4, -0.2) is 23.5 Å². The number of thiocarbonyl (C=S) groups is 1. The molecule has 22 heavy (non-hydrogen) atoms. The maximum absolute atomic E-state index is 11.6. The first kappa shape index (κ1) is 18.2. The van der Waals surface area contributed by atoms with Gasteiger partial charge in [0, 0.05) is 11.4 Å². The van der Waals surface area contributed by atoms with E-state index in [1.165, 1.54) is 0 Å². The van der Waals surface area contributed by atoms with E-state index < -0.39 is 5.91 Å². The Balaban J connectivity index is 2.23. The Morgan fingerprint density at radius 3 is 2.41 bits per heavy atom. The van der Waals surface area contributed by atoms with Crippen LogP contribution >= 0.6 is 23.8 Å². The molecule has 0 bridgehead atoms. The predicted molar refractivity (Wildman–Crippen MR) is 88.4 cm³/mol. The van der Waals surface area contributed by atoms with E-state index >= 15 is 0 Å². The van der Waals surface area contributed by atoms with Gasteiger partial charge in [0.15, 0.2) is 11.7 Å². The highest BCUT2D eigenvalue weighted by atomic mass is 35.5. The standard InChI is InChI=1S/C14H18ClN3O3S/c1-9(2)7-12(19)16-14(22)18-17-13(20)8-21-11-5-3-10(15)4-6-11/h3-6,9H,7-8H2,1-2H3,(H,17,20)(H2,16,18,19,22). The number of halogens is 1. The number of carbonyl (C=O) groups is 2. The van der Waals surface area contributed by atoms with Crippen molar-refractivity contribution >= 4 is 40.7 Å². The zero-order valence-electron chi connectivity index (χ0n) is 12.3. The number of amides is 2. The highest BCUT2D eigenvalue weighted by molar-refractivity contribution is 7.80. The average molecular weight is 344 g/mol. The molecule has 1 rings (SSSR count). The summed E-state index contributed by atoms with van der Waals surface area (Å²) in [5.74, 6) is 0.104. The first-order valence-corrected chi connectivity index (χ1v) is 7.42. The third-order valence-electron chi connectivity index (χ3n) is 2.35. The van der Waals surface area contributed by atoms with Gasteiger partial charge in [0.1, 0.15) is 5.75 Å². The summed E-state index contributed by atoms with van der Waals surface area (Å²) in [7, 11) is 0. The first-order chi connectivity index (χ1) is 10.4. The largest absolute Gasteiger partial charge is 0.484 e. The van der Waals surface area contributed by atoms with E-state index in [1.54, 1.807) is 24.3 Å². The lowest BCUT2D eigenvalue weighted by Gasteiger charge is -2.12. The molecule has 8 heteroatoms. The van der Waals surface area contributed by atoms with Crippen LogP contribution < -0.4 is 20.9 Å². The molecule has 0 unspecified atom stereocenters. The van der Waals surface area contributed by atoms with Crippen LogP contribution in [0, 0.1) is 5.92 Å². The van der Waals surface area contributed by atoms with Gasteiger partial charge < -0.3 is 10.1 Å². The van der Waals surface area contributed by atoms with Crippen LogP contribution in [0.15, 0.2) is 24.3 Å². The van der Waals surface area contributed by atoms with Crippen LogP contribution in [0.1, 0.15) is 20.3 Å². The van der Waals surface area contributed by atoms with Crippen molar-refractivity contribution in [2.24, 2.45) is 5.92 Å². The van der Waals surface area contributed by atoms with E-state index in [4.69, 9.17) is 28.6 Å². The molecule has 0 heterocycles. The summed E-state index contributed by atoms with van der Waals surface area (Å²) in [6.45, 7) is 3.65. The Morgan fingerprint density at radius 2 is 1.82 bits per heavy atom. The van der Waals surface area contributed by atoms with Crippen molar-refractivity contribution in [1.82, 2.24) is 16.2 Å². The third kappa shape index (κ3) is 7.80. The number of ether oxygens (including phenoxy) is 1. The highest BCUT2D eigenvalue weighted by Crippen LogP contribution is 2.15. The fourth-order valence-corrected chi connectivity index (χ4v) is 1.71. The molecule has 0 fully saturated rings. The van der Waals surface area contributed by atoms with Crippen LogP contribution in [0.5, 0.6) is 5.75 Å². The molecular formula is C14H18ClN3O3S. The monoisotopic (exact) mass is 343 g/mol. The van der Waals surface area contributed by atoms with Crippen LogP contribution in [0.2, 0.25) is 5.02 Å². The lowest BCUT2D eigenvalue weighted by Crippen LogP contribution is -2.49. The van der Waals surface area contributed by atoms with Crippen molar-refractivity contribution in [2.45, 2.75) is 20.3 Å². The summed E-state index contributed by atoms with van der Waals surface area (Å²) in [4.78, 5) is 23.0. The van der Waals surface area contributed by atoms with E-state index in [0.717, 1.165) is 0 Å². The van der Waals surface area contributed by atoms with Gasteiger partial charge in [0.25, 0.3) is 5.91 Å². The topological polar surface area (TPSA) is 79.5 Å². The van der Waals surface area contributed by atoms with Crippen LogP contribution in [0.3, 0.4) is 0 Å². The summed E-state index contributed by atoms with van der Waals surface area (Å²) in [6, 6.07) is 6.62. The van der Waals surface area contributed by atoms with Crippen molar-refractivity contribution in [3.63, 3.8) is 0 Å². The molecule has 0 aromatic heterocycles. The Labute approximate surface area is 139 Å². The van der Waals surface area contributed by atoms with Gasteiger partial charge in [-0.3, -0.25) is 20.4 Å². The van der Waals surface area contributed by atoms with Crippen molar-refractivity contribution in [3.8, 4) is 5.75 Å². The maximum Gasteiger partial charge on any atom is 0.276 e. The Hall–Kier alpha value is -1.86. The van der Waals surface area contributed by atoms with E-state index in [9.17, 15) is 9.59 Å². The summed E-state index contributed by atoms with van der Waals surface area (Å²) < 4.78 is 5.25. The quantitative estimate of drug-likeness (QED) is 0.561. The Morgan fingerprint density at radius 1 is 1.18 bits per heavy atom. The molecule has 0 aliphatic carbocycles. The van der Waals surface area contributed by atoms with Crippen molar-refractivity contribution < 1.29 is 14.3 Å². The van der Waals surface area contributed by atoms with Gasteiger partial charge in [-0.15, -0.1) is 0 Å². The van der Waals surface area contributed by atoms with Crippen molar-refractivity contribution in [1.29, 1.82) is 0 Å². The van der Waals surface area contributed by atoms with E-state index in [0.29, 0.717) is 17.2 Å². The molecule has 0 saturated heterocycles. The van der Waals surface area contributed by atoms with Gasteiger partial charge >= 0.3 is 0 Å². The molecule has 3 N–H and O–H groups in total. The van der Waals surface area contributed by atoms with Gasteiger partial charge in [-0.2, -0.15) is 0 Å². The summed E-state index contributed by atoms with van der Waals surface area (Å²) in [5.41, 5.74) is 4.76. The molecule has 120 valence electrons.